The monoisotopic (exact) mass is 528 g/mol. The number of imidazole rings is 1. The number of carboxylic acid groups (broad SMARTS) is 1. The highest BCUT2D eigenvalue weighted by Gasteiger charge is 2.32. The van der Waals surface area contributed by atoms with E-state index in [0.717, 1.165) is 5.56 Å². The molecule has 11 nitrogen and oxygen atoms in total. The summed E-state index contributed by atoms with van der Waals surface area (Å²) >= 11 is 0. The van der Waals surface area contributed by atoms with Gasteiger partial charge in [-0.1, -0.05) is 64.4 Å². The van der Waals surface area contributed by atoms with Crippen molar-refractivity contribution < 1.29 is 24.3 Å². The number of nitrogens with one attached hydrogen (secondary N) is 4. The summed E-state index contributed by atoms with van der Waals surface area (Å²) in [4.78, 5) is 58.1. The van der Waals surface area contributed by atoms with Gasteiger partial charge >= 0.3 is 5.97 Å². The Hall–Kier alpha value is -3.73. The number of amides is 3. The van der Waals surface area contributed by atoms with E-state index in [-0.39, 0.29) is 24.7 Å². The smallest absolute Gasteiger partial charge is 0.326 e. The van der Waals surface area contributed by atoms with Gasteiger partial charge in [-0.25, -0.2) is 9.78 Å². The van der Waals surface area contributed by atoms with Crippen molar-refractivity contribution >= 4 is 23.7 Å². The summed E-state index contributed by atoms with van der Waals surface area (Å²) in [6, 6.07) is 5.09. The predicted molar refractivity (Wildman–Crippen MR) is 143 cm³/mol. The fraction of sp³-hybridized carbons (Fsp3) is 0.519. The number of nitrogens with two attached hydrogens (primary N) is 1. The standard InChI is InChI=1S/C27H40N6O5/c1-5-17(4)23(27(37)38)33-26(36)22(12-18-9-7-6-8-10-18)32-25(35)21(11-16(2)3)31-24(34)20(28)13-19-14-29-15-30-19/h6-10,14-17,20-23H,5,11-13,28H2,1-4H3,(H,29,30)(H,31,34)(H,32,35)(H,33,36)(H,37,38). The van der Waals surface area contributed by atoms with E-state index in [1.807, 2.05) is 51.1 Å². The molecule has 5 unspecified atom stereocenters. The zero-order valence-electron chi connectivity index (χ0n) is 22.4. The Labute approximate surface area is 223 Å². The molecule has 0 aliphatic rings. The Balaban J connectivity index is 2.21. The van der Waals surface area contributed by atoms with Crippen molar-refractivity contribution in [2.45, 2.75) is 77.5 Å². The van der Waals surface area contributed by atoms with Gasteiger partial charge < -0.3 is 31.8 Å². The molecule has 7 N–H and O–H groups in total. The van der Waals surface area contributed by atoms with Gasteiger partial charge in [-0.3, -0.25) is 14.4 Å². The molecular weight excluding hydrogens is 488 g/mol. The Bertz CT molecular complexity index is 1040. The highest BCUT2D eigenvalue weighted by molar-refractivity contribution is 5.94. The van der Waals surface area contributed by atoms with Crippen molar-refractivity contribution in [3.05, 3.63) is 54.1 Å². The zero-order valence-corrected chi connectivity index (χ0v) is 22.4. The van der Waals surface area contributed by atoms with E-state index < -0.39 is 47.9 Å². The van der Waals surface area contributed by atoms with E-state index in [1.165, 1.54) is 6.33 Å². The zero-order chi connectivity index (χ0) is 28.2. The van der Waals surface area contributed by atoms with Crippen LogP contribution in [0.3, 0.4) is 0 Å². The number of H-pyrrole nitrogens is 1. The first kappa shape index (κ1) is 30.5. The van der Waals surface area contributed by atoms with Crippen molar-refractivity contribution in [2.75, 3.05) is 0 Å². The summed E-state index contributed by atoms with van der Waals surface area (Å²) in [5.41, 5.74) is 7.53. The second-order valence-electron chi connectivity index (χ2n) is 10.0. The van der Waals surface area contributed by atoms with Crippen molar-refractivity contribution in [3.8, 4) is 0 Å². The largest absolute Gasteiger partial charge is 0.480 e. The van der Waals surface area contributed by atoms with Crippen LogP contribution in [0.5, 0.6) is 0 Å². The molecule has 2 aromatic rings. The van der Waals surface area contributed by atoms with Gasteiger partial charge in [-0.05, 0) is 23.8 Å². The van der Waals surface area contributed by atoms with E-state index in [9.17, 15) is 24.3 Å². The van der Waals surface area contributed by atoms with Crippen LogP contribution in [0.25, 0.3) is 0 Å². The van der Waals surface area contributed by atoms with Gasteiger partial charge in [0, 0.05) is 24.7 Å². The fourth-order valence-corrected chi connectivity index (χ4v) is 3.98. The number of hydrogen-bond acceptors (Lipinski definition) is 6. The molecule has 38 heavy (non-hydrogen) atoms. The average molecular weight is 529 g/mol. The Morgan fingerprint density at radius 2 is 1.58 bits per heavy atom. The molecular formula is C27H40N6O5. The fourth-order valence-electron chi connectivity index (χ4n) is 3.98. The minimum absolute atomic E-state index is 0.0538. The number of carbonyl (C=O) groups excluding carboxylic acids is 3. The van der Waals surface area contributed by atoms with E-state index in [1.54, 1.807) is 13.1 Å². The Morgan fingerprint density at radius 1 is 0.947 bits per heavy atom. The minimum Gasteiger partial charge on any atom is -0.480 e. The molecule has 1 aromatic carbocycles. The topological polar surface area (TPSA) is 179 Å². The van der Waals surface area contributed by atoms with Crippen LogP contribution in [0, 0.1) is 11.8 Å². The molecule has 0 radical (unpaired) electrons. The molecule has 208 valence electrons. The Morgan fingerprint density at radius 3 is 2.13 bits per heavy atom. The van der Waals surface area contributed by atoms with Gasteiger partial charge in [0.2, 0.25) is 17.7 Å². The lowest BCUT2D eigenvalue weighted by Crippen LogP contribution is -2.58. The summed E-state index contributed by atoms with van der Waals surface area (Å²) in [6.07, 6.45) is 4.29. The maximum Gasteiger partial charge on any atom is 0.326 e. The summed E-state index contributed by atoms with van der Waals surface area (Å²) in [6.45, 7) is 7.40. The molecule has 0 saturated carbocycles. The number of nitrogens with zero attached hydrogens (tertiary/aromatic N) is 1. The van der Waals surface area contributed by atoms with Crippen molar-refractivity contribution in [3.63, 3.8) is 0 Å². The van der Waals surface area contributed by atoms with Crippen LogP contribution in [-0.4, -0.2) is 62.9 Å². The first-order valence-corrected chi connectivity index (χ1v) is 12.9. The molecule has 0 bridgehead atoms. The Kier molecular flexibility index (Phi) is 11.9. The minimum atomic E-state index is -1.14. The van der Waals surface area contributed by atoms with E-state index in [4.69, 9.17) is 5.73 Å². The second-order valence-corrected chi connectivity index (χ2v) is 10.0. The number of aliphatic carboxylic acids is 1. The van der Waals surface area contributed by atoms with Crippen LogP contribution in [0.2, 0.25) is 0 Å². The second kappa shape index (κ2) is 14.9. The summed E-state index contributed by atoms with van der Waals surface area (Å²) in [5, 5.41) is 17.7. The highest BCUT2D eigenvalue weighted by atomic mass is 16.4. The molecule has 0 fully saturated rings. The van der Waals surface area contributed by atoms with Crippen LogP contribution in [0.4, 0.5) is 0 Å². The number of rotatable bonds is 15. The SMILES string of the molecule is CCC(C)C(NC(=O)C(Cc1ccccc1)NC(=O)C(CC(C)C)NC(=O)C(N)Cc1cnc[nH]1)C(=O)O. The molecule has 1 aromatic heterocycles. The maximum absolute atomic E-state index is 13.4. The van der Waals surface area contributed by atoms with Gasteiger partial charge in [-0.15, -0.1) is 0 Å². The van der Waals surface area contributed by atoms with Gasteiger partial charge in [0.05, 0.1) is 12.4 Å². The van der Waals surface area contributed by atoms with Gasteiger partial charge in [0.15, 0.2) is 0 Å². The van der Waals surface area contributed by atoms with Crippen LogP contribution < -0.4 is 21.7 Å². The number of aromatic amines is 1. The van der Waals surface area contributed by atoms with Gasteiger partial charge in [0.1, 0.15) is 18.1 Å². The molecule has 0 saturated heterocycles. The average Bonchev–Trinajstić information content (AvgIpc) is 3.38. The summed E-state index contributed by atoms with van der Waals surface area (Å²) < 4.78 is 0. The van der Waals surface area contributed by atoms with Crippen LogP contribution >= 0.6 is 0 Å². The normalized spacial score (nSPS) is 15.1. The predicted octanol–water partition coefficient (Wildman–Crippen LogP) is 1.15. The third kappa shape index (κ3) is 9.62. The molecule has 0 aliphatic heterocycles. The van der Waals surface area contributed by atoms with Crippen molar-refractivity contribution in [2.24, 2.45) is 17.6 Å². The highest BCUT2D eigenvalue weighted by Crippen LogP contribution is 2.11. The summed E-state index contributed by atoms with van der Waals surface area (Å²) in [7, 11) is 0. The third-order valence-corrected chi connectivity index (χ3v) is 6.36. The number of aromatic nitrogens is 2. The van der Waals surface area contributed by atoms with E-state index in [2.05, 4.69) is 25.9 Å². The summed E-state index contributed by atoms with van der Waals surface area (Å²) in [5.74, 6) is -3.07. The van der Waals surface area contributed by atoms with E-state index >= 15 is 0 Å². The molecule has 5 atom stereocenters. The molecule has 2 rings (SSSR count). The molecule has 0 spiro atoms. The van der Waals surface area contributed by atoms with Crippen LogP contribution in [0.15, 0.2) is 42.9 Å². The third-order valence-electron chi connectivity index (χ3n) is 6.36. The number of hydrogen-bond donors (Lipinski definition) is 6. The van der Waals surface area contributed by atoms with Crippen molar-refractivity contribution in [1.82, 2.24) is 25.9 Å². The quantitative estimate of drug-likeness (QED) is 0.201. The number of carboxylic acids is 1. The van der Waals surface area contributed by atoms with Crippen LogP contribution in [0.1, 0.15) is 51.8 Å². The van der Waals surface area contributed by atoms with Gasteiger partial charge in [0.25, 0.3) is 0 Å². The molecule has 0 aliphatic carbocycles. The first-order valence-electron chi connectivity index (χ1n) is 12.9. The lowest BCUT2D eigenvalue weighted by Gasteiger charge is -2.27. The number of carbonyl (C=O) groups is 4. The van der Waals surface area contributed by atoms with Crippen LogP contribution in [-0.2, 0) is 32.0 Å². The lowest BCUT2D eigenvalue weighted by molar-refractivity contribution is -0.143. The van der Waals surface area contributed by atoms with E-state index in [0.29, 0.717) is 18.5 Å². The first-order chi connectivity index (χ1) is 18.0. The maximum atomic E-state index is 13.4. The molecule has 3 amide bonds. The lowest BCUT2D eigenvalue weighted by atomic mass is 9.97. The van der Waals surface area contributed by atoms with Gasteiger partial charge in [-0.2, -0.15) is 0 Å². The molecule has 11 heteroatoms. The number of benzene rings is 1. The van der Waals surface area contributed by atoms with Crippen molar-refractivity contribution in [1.29, 1.82) is 0 Å². The molecule has 1 heterocycles.